The molecule has 1 aromatic carbocycles. The lowest BCUT2D eigenvalue weighted by Crippen LogP contribution is -2.26. The van der Waals surface area contributed by atoms with Crippen LogP contribution in [0.5, 0.6) is 0 Å². The van der Waals surface area contributed by atoms with Crippen molar-refractivity contribution in [3.63, 3.8) is 0 Å². The van der Waals surface area contributed by atoms with Gasteiger partial charge in [-0.1, -0.05) is 62.4 Å². The molecule has 3 rings (SSSR count). The zero-order chi connectivity index (χ0) is 15.7. The fourth-order valence-corrected chi connectivity index (χ4v) is 3.17. The average Bonchev–Trinajstić information content (AvgIpc) is 2.89. The number of rotatable bonds is 3. The minimum atomic E-state index is -0.165. The molecule has 0 spiro atoms. The molecular formula is C16H18N4OS. The van der Waals surface area contributed by atoms with E-state index in [1.807, 2.05) is 18.2 Å². The van der Waals surface area contributed by atoms with Gasteiger partial charge >= 0.3 is 0 Å². The van der Waals surface area contributed by atoms with Crippen LogP contribution in [0.15, 0.2) is 47.4 Å². The molecule has 1 atom stereocenters. The molecule has 0 bridgehead atoms. The molecule has 0 fully saturated rings. The molecule has 2 heterocycles. The first-order valence-electron chi connectivity index (χ1n) is 7.11. The Kier molecular flexibility index (Phi) is 3.70. The number of nitrogens with zero attached hydrogens (tertiary/aromatic N) is 3. The van der Waals surface area contributed by atoms with Crippen LogP contribution in [0.2, 0.25) is 0 Å². The second-order valence-electron chi connectivity index (χ2n) is 6.24. The van der Waals surface area contributed by atoms with Crippen LogP contribution in [-0.2, 0) is 0 Å². The highest BCUT2D eigenvalue weighted by Gasteiger charge is 2.27. The first-order valence-corrected chi connectivity index (χ1v) is 7.93. The molecular weight excluding hydrogens is 296 g/mol. The van der Waals surface area contributed by atoms with E-state index in [9.17, 15) is 4.79 Å². The molecule has 1 N–H and O–H groups in total. The van der Waals surface area contributed by atoms with Crippen molar-refractivity contribution >= 4 is 21.4 Å². The SMILES string of the molecule is CC(C)(C)C(Nc1nn2c(=O)ccnc2s1)c1ccccc1. The highest BCUT2D eigenvalue weighted by molar-refractivity contribution is 7.20. The average molecular weight is 314 g/mol. The molecule has 6 heteroatoms. The molecule has 0 amide bonds. The van der Waals surface area contributed by atoms with Crippen LogP contribution in [0.1, 0.15) is 32.4 Å². The van der Waals surface area contributed by atoms with Crippen molar-refractivity contribution in [3.05, 3.63) is 58.5 Å². The van der Waals surface area contributed by atoms with Crippen LogP contribution >= 0.6 is 11.3 Å². The van der Waals surface area contributed by atoms with Crippen molar-refractivity contribution in [2.24, 2.45) is 5.41 Å². The van der Waals surface area contributed by atoms with Gasteiger partial charge in [-0.25, -0.2) is 4.98 Å². The Balaban J connectivity index is 1.99. The molecule has 0 saturated carbocycles. The first-order chi connectivity index (χ1) is 10.4. The van der Waals surface area contributed by atoms with E-state index in [1.165, 1.54) is 33.7 Å². The van der Waals surface area contributed by atoms with Crippen molar-refractivity contribution < 1.29 is 0 Å². The summed E-state index contributed by atoms with van der Waals surface area (Å²) in [6.07, 6.45) is 1.51. The second kappa shape index (κ2) is 5.53. The predicted molar refractivity (Wildman–Crippen MR) is 89.4 cm³/mol. The van der Waals surface area contributed by atoms with Gasteiger partial charge in [-0.3, -0.25) is 4.79 Å². The van der Waals surface area contributed by atoms with Gasteiger partial charge in [0.2, 0.25) is 10.1 Å². The topological polar surface area (TPSA) is 59.3 Å². The van der Waals surface area contributed by atoms with Gasteiger partial charge in [0.05, 0.1) is 6.04 Å². The first kappa shape index (κ1) is 14.7. The lowest BCUT2D eigenvalue weighted by molar-refractivity contribution is 0.347. The lowest BCUT2D eigenvalue weighted by atomic mass is 9.82. The molecule has 3 aromatic rings. The fraction of sp³-hybridized carbons (Fsp3) is 0.312. The molecule has 5 nitrogen and oxygen atoms in total. The molecule has 2 aromatic heterocycles. The molecule has 0 aliphatic rings. The van der Waals surface area contributed by atoms with Gasteiger partial charge in [0.15, 0.2) is 0 Å². The number of benzene rings is 1. The number of hydrogen-bond donors (Lipinski definition) is 1. The van der Waals surface area contributed by atoms with E-state index in [0.717, 1.165) is 0 Å². The summed E-state index contributed by atoms with van der Waals surface area (Å²) in [6.45, 7) is 6.53. The van der Waals surface area contributed by atoms with Crippen LogP contribution < -0.4 is 10.9 Å². The van der Waals surface area contributed by atoms with Gasteiger partial charge in [0, 0.05) is 12.3 Å². The number of aromatic nitrogens is 3. The summed E-state index contributed by atoms with van der Waals surface area (Å²) in [4.78, 5) is 16.6. The molecule has 0 radical (unpaired) electrons. The summed E-state index contributed by atoms with van der Waals surface area (Å²) < 4.78 is 1.33. The van der Waals surface area contributed by atoms with Crippen LogP contribution in [0.25, 0.3) is 4.96 Å². The quantitative estimate of drug-likeness (QED) is 0.805. The van der Waals surface area contributed by atoms with Crippen molar-refractivity contribution in [3.8, 4) is 0 Å². The van der Waals surface area contributed by atoms with Crippen molar-refractivity contribution in [2.75, 3.05) is 5.32 Å². The Labute approximate surface area is 132 Å². The number of nitrogens with one attached hydrogen (secondary N) is 1. The molecule has 0 saturated heterocycles. The summed E-state index contributed by atoms with van der Waals surface area (Å²) in [6, 6.07) is 11.8. The van der Waals surface area contributed by atoms with E-state index in [4.69, 9.17) is 0 Å². The zero-order valence-corrected chi connectivity index (χ0v) is 13.6. The van der Waals surface area contributed by atoms with E-state index >= 15 is 0 Å². The Bertz CT molecular complexity index is 832. The maximum absolute atomic E-state index is 11.8. The monoisotopic (exact) mass is 314 g/mol. The normalized spacial score (nSPS) is 13.2. The fourth-order valence-electron chi connectivity index (χ4n) is 2.37. The summed E-state index contributed by atoms with van der Waals surface area (Å²) in [5.41, 5.74) is 1.02. The van der Waals surface area contributed by atoms with Gasteiger partial charge in [-0.05, 0) is 11.0 Å². The van der Waals surface area contributed by atoms with Crippen molar-refractivity contribution in [1.82, 2.24) is 14.6 Å². The highest BCUT2D eigenvalue weighted by Crippen LogP contribution is 2.36. The summed E-state index contributed by atoms with van der Waals surface area (Å²) in [7, 11) is 0. The minimum Gasteiger partial charge on any atom is -0.353 e. The molecule has 0 aliphatic carbocycles. The van der Waals surface area contributed by atoms with E-state index in [-0.39, 0.29) is 17.0 Å². The van der Waals surface area contributed by atoms with E-state index in [2.05, 4.69) is 48.3 Å². The summed E-state index contributed by atoms with van der Waals surface area (Å²) in [5.74, 6) is 0. The Morgan fingerprint density at radius 2 is 1.91 bits per heavy atom. The zero-order valence-electron chi connectivity index (χ0n) is 12.8. The maximum atomic E-state index is 11.8. The van der Waals surface area contributed by atoms with E-state index in [0.29, 0.717) is 10.1 Å². The Hall–Kier alpha value is -2.21. The van der Waals surface area contributed by atoms with Crippen molar-refractivity contribution in [1.29, 1.82) is 0 Å². The summed E-state index contributed by atoms with van der Waals surface area (Å²) >= 11 is 1.38. The lowest BCUT2D eigenvalue weighted by Gasteiger charge is -2.31. The van der Waals surface area contributed by atoms with E-state index < -0.39 is 0 Å². The third-order valence-corrected chi connectivity index (χ3v) is 4.29. The largest absolute Gasteiger partial charge is 0.353 e. The second-order valence-corrected chi connectivity index (χ2v) is 7.19. The van der Waals surface area contributed by atoms with Crippen LogP contribution in [0.3, 0.4) is 0 Å². The van der Waals surface area contributed by atoms with Crippen LogP contribution in [-0.4, -0.2) is 14.6 Å². The van der Waals surface area contributed by atoms with Gasteiger partial charge in [0.25, 0.3) is 5.56 Å². The van der Waals surface area contributed by atoms with E-state index in [1.54, 1.807) is 0 Å². The van der Waals surface area contributed by atoms with Crippen LogP contribution in [0.4, 0.5) is 5.13 Å². The molecule has 0 aliphatic heterocycles. The third-order valence-electron chi connectivity index (χ3n) is 3.44. The van der Waals surface area contributed by atoms with Gasteiger partial charge in [0.1, 0.15) is 0 Å². The highest BCUT2D eigenvalue weighted by atomic mass is 32.1. The summed E-state index contributed by atoms with van der Waals surface area (Å²) in [5, 5.41) is 8.49. The molecule has 1 unspecified atom stereocenters. The van der Waals surface area contributed by atoms with Gasteiger partial charge in [-0.15, -0.1) is 5.10 Å². The van der Waals surface area contributed by atoms with Crippen molar-refractivity contribution in [2.45, 2.75) is 26.8 Å². The number of fused-ring (bicyclic) bond motifs is 1. The Morgan fingerprint density at radius 1 is 1.18 bits per heavy atom. The third kappa shape index (κ3) is 2.87. The van der Waals surface area contributed by atoms with Gasteiger partial charge in [-0.2, -0.15) is 4.52 Å². The molecule has 114 valence electrons. The molecule has 22 heavy (non-hydrogen) atoms. The Morgan fingerprint density at radius 3 is 2.55 bits per heavy atom. The maximum Gasteiger partial charge on any atom is 0.275 e. The number of anilines is 1. The predicted octanol–water partition coefficient (Wildman–Crippen LogP) is 3.35. The van der Waals surface area contributed by atoms with Crippen LogP contribution in [0, 0.1) is 5.41 Å². The van der Waals surface area contributed by atoms with Gasteiger partial charge < -0.3 is 5.32 Å². The minimum absolute atomic E-state index is 0.00238. The standard InChI is InChI=1S/C16H18N4OS/c1-16(2,3)13(11-7-5-4-6-8-11)18-14-19-20-12(21)9-10-17-15(20)22-14/h4-10,13H,1-3H3,(H,18,19). The number of hydrogen-bond acceptors (Lipinski definition) is 5. The smallest absolute Gasteiger partial charge is 0.275 e.